The second kappa shape index (κ2) is 7.85. The molecule has 1 aliphatic heterocycles. The van der Waals surface area contributed by atoms with Gasteiger partial charge in [-0.05, 0) is 48.4 Å². The molecule has 1 heterocycles. The standard InChI is InChI=1S/C18H28N2O4S/c1-18(2,3)15-6-8-16(9-7-15)25(23,24)20-10-4-5-14(13-20)11-19-12-17(21)22/h6-9,14,19H,4-5,10-13H2,1-3H3,(H,21,22). The van der Waals surface area contributed by atoms with E-state index in [-0.39, 0.29) is 17.9 Å². The van der Waals surface area contributed by atoms with Crippen molar-refractivity contribution >= 4 is 16.0 Å². The summed E-state index contributed by atoms with van der Waals surface area (Å²) in [6.45, 7) is 7.63. The van der Waals surface area contributed by atoms with Crippen molar-refractivity contribution in [2.24, 2.45) is 5.92 Å². The first kappa shape index (κ1) is 19.9. The van der Waals surface area contributed by atoms with Gasteiger partial charge < -0.3 is 10.4 Å². The number of hydrogen-bond acceptors (Lipinski definition) is 4. The lowest BCUT2D eigenvalue weighted by Gasteiger charge is -2.32. The molecule has 0 spiro atoms. The second-order valence-electron chi connectivity index (χ2n) is 7.67. The molecule has 1 aliphatic rings. The van der Waals surface area contributed by atoms with Gasteiger partial charge in [-0.2, -0.15) is 4.31 Å². The Labute approximate surface area is 150 Å². The number of carboxylic acids is 1. The summed E-state index contributed by atoms with van der Waals surface area (Å²) >= 11 is 0. The maximum atomic E-state index is 12.9. The number of aliphatic carboxylic acids is 1. The Kier molecular flexibility index (Phi) is 6.24. The molecule has 2 rings (SSSR count). The van der Waals surface area contributed by atoms with Gasteiger partial charge >= 0.3 is 5.97 Å². The Bertz CT molecular complexity index is 693. The highest BCUT2D eigenvalue weighted by Gasteiger charge is 2.30. The van der Waals surface area contributed by atoms with E-state index < -0.39 is 16.0 Å². The number of benzene rings is 1. The molecule has 2 N–H and O–H groups in total. The van der Waals surface area contributed by atoms with Crippen molar-refractivity contribution < 1.29 is 18.3 Å². The molecular weight excluding hydrogens is 340 g/mol. The van der Waals surface area contributed by atoms with E-state index in [9.17, 15) is 13.2 Å². The van der Waals surface area contributed by atoms with Crippen LogP contribution in [-0.4, -0.2) is 50.0 Å². The van der Waals surface area contributed by atoms with Crippen LogP contribution in [0.1, 0.15) is 39.2 Å². The summed E-state index contributed by atoms with van der Waals surface area (Å²) in [4.78, 5) is 10.9. The molecule has 1 aromatic rings. The molecule has 1 fully saturated rings. The molecule has 0 bridgehead atoms. The Morgan fingerprint density at radius 1 is 1.28 bits per heavy atom. The van der Waals surface area contributed by atoms with Crippen LogP contribution in [0.2, 0.25) is 0 Å². The van der Waals surface area contributed by atoms with Crippen LogP contribution in [0.15, 0.2) is 29.2 Å². The summed E-state index contributed by atoms with van der Waals surface area (Å²) in [5.41, 5.74) is 1.08. The molecule has 0 radical (unpaired) electrons. The molecule has 0 amide bonds. The van der Waals surface area contributed by atoms with Crippen molar-refractivity contribution in [3.8, 4) is 0 Å². The Balaban J connectivity index is 2.06. The van der Waals surface area contributed by atoms with Gasteiger partial charge in [0, 0.05) is 13.1 Å². The third-order valence-electron chi connectivity index (χ3n) is 4.55. The maximum absolute atomic E-state index is 12.9. The lowest BCUT2D eigenvalue weighted by Crippen LogP contribution is -2.43. The number of rotatable bonds is 6. The number of nitrogens with zero attached hydrogens (tertiary/aromatic N) is 1. The van der Waals surface area contributed by atoms with Gasteiger partial charge in [-0.1, -0.05) is 32.9 Å². The number of carbonyl (C=O) groups is 1. The highest BCUT2D eigenvalue weighted by molar-refractivity contribution is 7.89. The fraction of sp³-hybridized carbons (Fsp3) is 0.611. The summed E-state index contributed by atoms with van der Waals surface area (Å²) in [5.74, 6) is -0.768. The quantitative estimate of drug-likeness (QED) is 0.803. The monoisotopic (exact) mass is 368 g/mol. The van der Waals surface area contributed by atoms with Crippen LogP contribution in [0.25, 0.3) is 0 Å². The zero-order valence-corrected chi connectivity index (χ0v) is 16.0. The van der Waals surface area contributed by atoms with E-state index in [1.807, 2.05) is 12.1 Å². The molecule has 1 saturated heterocycles. The molecular formula is C18H28N2O4S. The number of nitrogens with one attached hydrogen (secondary N) is 1. The zero-order chi connectivity index (χ0) is 18.7. The van der Waals surface area contributed by atoms with E-state index in [2.05, 4.69) is 26.1 Å². The second-order valence-corrected chi connectivity index (χ2v) is 9.61. The molecule has 0 saturated carbocycles. The van der Waals surface area contributed by atoms with E-state index in [1.165, 1.54) is 4.31 Å². The van der Waals surface area contributed by atoms with Crippen LogP contribution in [0, 0.1) is 5.92 Å². The first-order chi connectivity index (χ1) is 11.6. The lowest BCUT2D eigenvalue weighted by molar-refractivity contribution is -0.136. The van der Waals surface area contributed by atoms with Crippen molar-refractivity contribution in [2.75, 3.05) is 26.2 Å². The molecule has 1 unspecified atom stereocenters. The Morgan fingerprint density at radius 2 is 1.92 bits per heavy atom. The Hall–Kier alpha value is -1.44. The van der Waals surface area contributed by atoms with Gasteiger partial charge in [0.1, 0.15) is 0 Å². The predicted octanol–water partition coefficient (Wildman–Crippen LogP) is 2.06. The van der Waals surface area contributed by atoms with Gasteiger partial charge in [-0.15, -0.1) is 0 Å². The van der Waals surface area contributed by atoms with Crippen LogP contribution in [-0.2, 0) is 20.2 Å². The topological polar surface area (TPSA) is 86.7 Å². The molecule has 1 atom stereocenters. The van der Waals surface area contributed by atoms with E-state index >= 15 is 0 Å². The minimum atomic E-state index is -3.51. The summed E-state index contributed by atoms with van der Waals surface area (Å²) in [5, 5.41) is 11.6. The number of carboxylic acid groups (broad SMARTS) is 1. The number of sulfonamides is 1. The van der Waals surface area contributed by atoms with Crippen molar-refractivity contribution in [2.45, 2.75) is 43.9 Å². The molecule has 0 aliphatic carbocycles. The molecule has 7 heteroatoms. The fourth-order valence-corrected chi connectivity index (χ4v) is 4.63. The maximum Gasteiger partial charge on any atom is 0.317 e. The van der Waals surface area contributed by atoms with Crippen molar-refractivity contribution in [3.63, 3.8) is 0 Å². The van der Waals surface area contributed by atoms with Crippen molar-refractivity contribution in [1.29, 1.82) is 0 Å². The van der Waals surface area contributed by atoms with E-state index in [4.69, 9.17) is 5.11 Å². The first-order valence-corrected chi connectivity index (χ1v) is 10.1. The van der Waals surface area contributed by atoms with Crippen molar-refractivity contribution in [3.05, 3.63) is 29.8 Å². The van der Waals surface area contributed by atoms with Gasteiger partial charge in [0.05, 0.1) is 11.4 Å². The third kappa shape index (κ3) is 5.26. The summed E-state index contributed by atoms with van der Waals surface area (Å²) in [7, 11) is -3.51. The van der Waals surface area contributed by atoms with Crippen LogP contribution < -0.4 is 5.32 Å². The lowest BCUT2D eigenvalue weighted by atomic mass is 9.87. The molecule has 140 valence electrons. The van der Waals surface area contributed by atoms with Crippen LogP contribution >= 0.6 is 0 Å². The smallest absolute Gasteiger partial charge is 0.317 e. The van der Waals surface area contributed by atoms with Gasteiger partial charge in [-0.25, -0.2) is 8.42 Å². The molecule has 0 aromatic heterocycles. The SMILES string of the molecule is CC(C)(C)c1ccc(S(=O)(=O)N2CCCC(CNCC(=O)O)C2)cc1. The molecule has 1 aromatic carbocycles. The van der Waals surface area contributed by atoms with E-state index in [1.54, 1.807) is 12.1 Å². The minimum absolute atomic E-state index is 0.0195. The largest absolute Gasteiger partial charge is 0.480 e. The van der Waals surface area contributed by atoms with Gasteiger partial charge in [-0.3, -0.25) is 4.79 Å². The minimum Gasteiger partial charge on any atom is -0.480 e. The zero-order valence-electron chi connectivity index (χ0n) is 15.2. The fourth-order valence-electron chi connectivity index (χ4n) is 3.07. The Morgan fingerprint density at radius 3 is 2.48 bits per heavy atom. The van der Waals surface area contributed by atoms with Gasteiger partial charge in [0.2, 0.25) is 10.0 Å². The normalized spacial score (nSPS) is 19.7. The molecule has 6 nitrogen and oxygen atoms in total. The third-order valence-corrected chi connectivity index (χ3v) is 6.43. The van der Waals surface area contributed by atoms with Gasteiger partial charge in [0.25, 0.3) is 0 Å². The first-order valence-electron chi connectivity index (χ1n) is 8.64. The van der Waals surface area contributed by atoms with E-state index in [0.29, 0.717) is 24.5 Å². The van der Waals surface area contributed by atoms with Crippen LogP contribution in [0.5, 0.6) is 0 Å². The highest BCUT2D eigenvalue weighted by atomic mass is 32.2. The summed E-state index contributed by atoms with van der Waals surface area (Å²) in [6, 6.07) is 7.12. The average Bonchev–Trinajstić information content (AvgIpc) is 2.54. The van der Waals surface area contributed by atoms with E-state index in [0.717, 1.165) is 18.4 Å². The summed E-state index contributed by atoms with van der Waals surface area (Å²) < 4.78 is 27.3. The summed E-state index contributed by atoms with van der Waals surface area (Å²) in [6.07, 6.45) is 1.69. The number of piperidine rings is 1. The molecule has 25 heavy (non-hydrogen) atoms. The highest BCUT2D eigenvalue weighted by Crippen LogP contribution is 2.27. The average molecular weight is 368 g/mol. The van der Waals surface area contributed by atoms with Crippen molar-refractivity contribution in [1.82, 2.24) is 9.62 Å². The van der Waals surface area contributed by atoms with Crippen LogP contribution in [0.4, 0.5) is 0 Å². The predicted molar refractivity (Wildman–Crippen MR) is 97.1 cm³/mol. The van der Waals surface area contributed by atoms with Crippen LogP contribution in [0.3, 0.4) is 0 Å². The number of hydrogen-bond donors (Lipinski definition) is 2. The van der Waals surface area contributed by atoms with Gasteiger partial charge in [0.15, 0.2) is 0 Å².